The number of piperazine rings is 1. The first-order chi connectivity index (χ1) is 15.7. The van der Waals surface area contributed by atoms with Crippen molar-refractivity contribution in [2.45, 2.75) is 19.3 Å². The molecule has 2 aliphatic heterocycles. The summed E-state index contributed by atoms with van der Waals surface area (Å²) in [6.07, 6.45) is 2.98. The maximum Gasteiger partial charge on any atom is 0.236 e. The van der Waals surface area contributed by atoms with Gasteiger partial charge in [0.05, 0.1) is 31.0 Å². The highest BCUT2D eigenvalue weighted by molar-refractivity contribution is 5.79. The van der Waals surface area contributed by atoms with E-state index in [9.17, 15) is 10.1 Å². The van der Waals surface area contributed by atoms with Crippen LogP contribution in [0, 0.1) is 11.3 Å². The van der Waals surface area contributed by atoms with E-state index in [4.69, 9.17) is 9.72 Å². The van der Waals surface area contributed by atoms with Gasteiger partial charge in [0.1, 0.15) is 11.9 Å². The van der Waals surface area contributed by atoms with Crippen LogP contribution in [0.25, 0.3) is 11.3 Å². The van der Waals surface area contributed by atoms with Crippen LogP contribution in [0.4, 0.5) is 5.82 Å². The molecule has 0 radical (unpaired) electrons. The Morgan fingerprint density at radius 2 is 1.72 bits per heavy atom. The van der Waals surface area contributed by atoms with Crippen molar-refractivity contribution in [1.29, 1.82) is 5.26 Å². The number of ether oxygens (including phenoxy) is 1. The van der Waals surface area contributed by atoms with Crippen molar-refractivity contribution < 1.29 is 9.53 Å². The van der Waals surface area contributed by atoms with E-state index >= 15 is 0 Å². The molecule has 1 aromatic carbocycles. The van der Waals surface area contributed by atoms with Gasteiger partial charge in [-0.2, -0.15) is 5.26 Å². The van der Waals surface area contributed by atoms with E-state index in [2.05, 4.69) is 28.0 Å². The minimum atomic E-state index is 0.180. The van der Waals surface area contributed by atoms with E-state index in [1.807, 2.05) is 23.1 Å². The Morgan fingerprint density at radius 3 is 2.44 bits per heavy atom. The summed E-state index contributed by atoms with van der Waals surface area (Å²) in [6.45, 7) is 6.21. The monoisotopic (exact) mass is 431 g/mol. The van der Waals surface area contributed by atoms with Gasteiger partial charge >= 0.3 is 0 Å². The summed E-state index contributed by atoms with van der Waals surface area (Å²) in [4.78, 5) is 24.1. The second-order valence-corrected chi connectivity index (χ2v) is 8.70. The first kappa shape index (κ1) is 20.9. The molecule has 0 saturated carbocycles. The summed E-state index contributed by atoms with van der Waals surface area (Å²) < 4.78 is 5.38. The van der Waals surface area contributed by atoms with Crippen molar-refractivity contribution in [3.63, 3.8) is 0 Å². The number of morpholine rings is 1. The Kier molecular flexibility index (Phi) is 6.06. The zero-order valence-corrected chi connectivity index (χ0v) is 18.4. The molecule has 3 heterocycles. The van der Waals surface area contributed by atoms with Gasteiger partial charge in [-0.05, 0) is 30.4 Å². The number of rotatable bonds is 4. The highest BCUT2D eigenvalue weighted by Crippen LogP contribution is 2.37. The smallest absolute Gasteiger partial charge is 0.236 e. The zero-order chi connectivity index (χ0) is 21.9. The first-order valence-corrected chi connectivity index (χ1v) is 11.6. The lowest BCUT2D eigenvalue weighted by Gasteiger charge is -2.37. The molecule has 0 bridgehead atoms. The summed E-state index contributed by atoms with van der Waals surface area (Å²) in [5, 5.41) is 10.0. The molecule has 1 aromatic heterocycles. The molecular weight excluding hydrogens is 402 g/mol. The Hall–Kier alpha value is -2.95. The van der Waals surface area contributed by atoms with E-state index in [1.165, 1.54) is 11.1 Å². The minimum Gasteiger partial charge on any atom is -0.379 e. The average Bonchev–Trinajstić information content (AvgIpc) is 3.34. The van der Waals surface area contributed by atoms with E-state index in [0.29, 0.717) is 45.9 Å². The van der Waals surface area contributed by atoms with Crippen molar-refractivity contribution in [3.8, 4) is 17.3 Å². The molecule has 1 amide bonds. The predicted octanol–water partition coefficient (Wildman–Crippen LogP) is 2.09. The van der Waals surface area contributed by atoms with E-state index in [-0.39, 0.29) is 5.91 Å². The van der Waals surface area contributed by atoms with Gasteiger partial charge in [-0.1, -0.05) is 30.3 Å². The summed E-state index contributed by atoms with van der Waals surface area (Å²) in [7, 11) is 0. The van der Waals surface area contributed by atoms with Crippen LogP contribution in [0.2, 0.25) is 0 Å². The van der Waals surface area contributed by atoms with Crippen molar-refractivity contribution in [2.24, 2.45) is 0 Å². The van der Waals surface area contributed by atoms with Crippen LogP contribution in [-0.4, -0.2) is 79.7 Å². The summed E-state index contributed by atoms with van der Waals surface area (Å²) in [5.41, 5.74) is 5.25. The van der Waals surface area contributed by atoms with Crippen LogP contribution in [0.3, 0.4) is 0 Å². The van der Waals surface area contributed by atoms with E-state index in [1.54, 1.807) is 0 Å². The lowest BCUT2D eigenvalue weighted by Crippen LogP contribution is -2.52. The van der Waals surface area contributed by atoms with Crippen molar-refractivity contribution in [3.05, 3.63) is 47.0 Å². The molecule has 2 saturated heterocycles. The summed E-state index contributed by atoms with van der Waals surface area (Å²) in [5.74, 6) is 0.964. The zero-order valence-electron chi connectivity index (χ0n) is 18.4. The molecule has 2 aromatic rings. The topological polar surface area (TPSA) is 72.7 Å². The SMILES string of the molecule is N#Cc1c(N2CCN(C(=O)CN3CCOCC3)CC2)nc(-c2ccccc2)c2c1CCC2. The van der Waals surface area contributed by atoms with Gasteiger partial charge < -0.3 is 14.5 Å². The molecule has 7 heteroatoms. The van der Waals surface area contributed by atoms with Gasteiger partial charge in [-0.3, -0.25) is 9.69 Å². The second-order valence-electron chi connectivity index (χ2n) is 8.70. The quantitative estimate of drug-likeness (QED) is 0.738. The third-order valence-electron chi connectivity index (χ3n) is 6.80. The number of carbonyl (C=O) groups is 1. The summed E-state index contributed by atoms with van der Waals surface area (Å²) >= 11 is 0. The molecule has 0 unspecified atom stereocenters. The molecule has 0 atom stereocenters. The molecule has 0 N–H and O–H groups in total. The molecular formula is C25H29N5O2. The van der Waals surface area contributed by atoms with Crippen LogP contribution in [-0.2, 0) is 22.4 Å². The van der Waals surface area contributed by atoms with E-state index < -0.39 is 0 Å². The normalized spacial score (nSPS) is 19.0. The minimum absolute atomic E-state index is 0.180. The Bertz CT molecular complexity index is 1020. The van der Waals surface area contributed by atoms with Crippen LogP contribution in [0.15, 0.2) is 30.3 Å². The van der Waals surface area contributed by atoms with Gasteiger partial charge in [0.15, 0.2) is 0 Å². The lowest BCUT2D eigenvalue weighted by molar-refractivity contribution is -0.133. The standard InChI is InChI=1S/C25H29N5O2/c26-17-22-20-7-4-8-21(20)24(19-5-2-1-3-6-19)27-25(22)30-11-9-29(10-12-30)23(31)18-28-13-15-32-16-14-28/h1-3,5-6H,4,7-16,18H2. The molecule has 0 spiro atoms. The molecule has 3 aliphatic rings. The van der Waals surface area contributed by atoms with Gasteiger partial charge in [-0.25, -0.2) is 4.98 Å². The van der Waals surface area contributed by atoms with Crippen LogP contribution in [0.1, 0.15) is 23.1 Å². The number of carbonyl (C=O) groups excluding carboxylic acids is 1. The average molecular weight is 432 g/mol. The Balaban J connectivity index is 1.35. The number of nitrogens with zero attached hydrogens (tertiary/aromatic N) is 5. The molecule has 32 heavy (non-hydrogen) atoms. The molecule has 2 fully saturated rings. The van der Waals surface area contributed by atoms with Gasteiger partial charge in [-0.15, -0.1) is 0 Å². The number of benzene rings is 1. The predicted molar refractivity (Wildman–Crippen MR) is 122 cm³/mol. The molecule has 5 rings (SSSR count). The van der Waals surface area contributed by atoms with Crippen molar-refractivity contribution >= 4 is 11.7 Å². The maximum atomic E-state index is 12.8. The van der Waals surface area contributed by atoms with Crippen molar-refractivity contribution in [1.82, 2.24) is 14.8 Å². The fraction of sp³-hybridized carbons (Fsp3) is 0.480. The number of aromatic nitrogens is 1. The van der Waals surface area contributed by atoms with Crippen LogP contribution < -0.4 is 4.90 Å². The lowest BCUT2D eigenvalue weighted by atomic mass is 9.98. The molecule has 166 valence electrons. The Labute approximate surface area is 189 Å². The van der Waals surface area contributed by atoms with Crippen molar-refractivity contribution in [2.75, 3.05) is 63.9 Å². The highest BCUT2D eigenvalue weighted by atomic mass is 16.5. The largest absolute Gasteiger partial charge is 0.379 e. The summed E-state index contributed by atoms with van der Waals surface area (Å²) in [6, 6.07) is 12.7. The highest BCUT2D eigenvalue weighted by Gasteiger charge is 2.29. The maximum absolute atomic E-state index is 12.8. The fourth-order valence-electron chi connectivity index (χ4n) is 5.04. The van der Waals surface area contributed by atoms with Gasteiger partial charge in [0.2, 0.25) is 5.91 Å². The van der Waals surface area contributed by atoms with Crippen LogP contribution in [0.5, 0.6) is 0 Å². The number of nitriles is 1. The number of fused-ring (bicyclic) bond motifs is 1. The third-order valence-corrected chi connectivity index (χ3v) is 6.80. The third kappa shape index (κ3) is 4.08. The van der Waals surface area contributed by atoms with Gasteiger partial charge in [0, 0.05) is 44.8 Å². The Morgan fingerprint density at radius 1 is 1.00 bits per heavy atom. The number of anilines is 1. The van der Waals surface area contributed by atoms with Crippen LogP contribution >= 0.6 is 0 Å². The first-order valence-electron chi connectivity index (χ1n) is 11.6. The number of amides is 1. The second kappa shape index (κ2) is 9.27. The van der Waals surface area contributed by atoms with Gasteiger partial charge in [0.25, 0.3) is 0 Å². The fourth-order valence-corrected chi connectivity index (χ4v) is 5.04. The molecule has 1 aliphatic carbocycles. The van der Waals surface area contributed by atoms with E-state index in [0.717, 1.165) is 55.0 Å². The number of hydrogen-bond acceptors (Lipinski definition) is 6. The number of hydrogen-bond donors (Lipinski definition) is 0. The molecule has 7 nitrogen and oxygen atoms in total. The number of pyridine rings is 1.